The zero-order valence-electron chi connectivity index (χ0n) is 15.8. The largest absolute Gasteiger partial charge is 0.324 e. The Hall–Kier alpha value is -2.43. The molecule has 0 radical (unpaired) electrons. The molecule has 1 aliphatic heterocycles. The molecule has 2 heterocycles. The topological polar surface area (TPSA) is 32.3 Å². The van der Waals surface area contributed by atoms with E-state index in [4.69, 9.17) is 0 Å². The first kappa shape index (κ1) is 17.7. The van der Waals surface area contributed by atoms with Crippen LogP contribution in [-0.4, -0.2) is 23.9 Å². The molecule has 0 unspecified atom stereocenters. The predicted octanol–water partition coefficient (Wildman–Crippen LogP) is 5.36. The van der Waals surface area contributed by atoms with E-state index in [1.54, 1.807) is 0 Å². The van der Waals surface area contributed by atoms with E-state index in [2.05, 4.69) is 39.9 Å². The maximum atomic E-state index is 13.0. The maximum absolute atomic E-state index is 13.0. The summed E-state index contributed by atoms with van der Waals surface area (Å²) in [6.07, 6.45) is 3.63. The Morgan fingerprint density at radius 2 is 1.82 bits per heavy atom. The first-order chi connectivity index (χ1) is 13.8. The standard InChI is InChI=1S/C24H24N2OS/c27-23(25-21-9-5-4-8-19(21)17-6-2-1-3-7-17)16-26-14-12-22-20(13-15-28-22)24(26)18-10-11-18/h1-9,13,15,18,24H,10-12,14,16H2,(H,25,27)/t24-/m0/s1. The third-order valence-electron chi connectivity index (χ3n) is 5.82. The molecular weight excluding hydrogens is 364 g/mol. The fourth-order valence-electron chi connectivity index (χ4n) is 4.38. The molecule has 0 saturated heterocycles. The summed E-state index contributed by atoms with van der Waals surface area (Å²) < 4.78 is 0. The molecule has 1 atom stereocenters. The minimum absolute atomic E-state index is 0.0766. The van der Waals surface area contributed by atoms with Crippen molar-refractivity contribution in [2.45, 2.75) is 25.3 Å². The molecule has 4 heteroatoms. The number of benzene rings is 2. The van der Waals surface area contributed by atoms with Crippen molar-refractivity contribution in [1.82, 2.24) is 4.90 Å². The van der Waals surface area contributed by atoms with Crippen LogP contribution in [0.25, 0.3) is 11.1 Å². The van der Waals surface area contributed by atoms with Crippen LogP contribution in [-0.2, 0) is 11.2 Å². The average Bonchev–Trinajstić information content (AvgIpc) is 3.45. The number of amides is 1. The number of carbonyl (C=O) groups is 1. The van der Waals surface area contributed by atoms with Crippen LogP contribution in [0.15, 0.2) is 66.0 Å². The Morgan fingerprint density at radius 3 is 2.64 bits per heavy atom. The second-order valence-electron chi connectivity index (χ2n) is 7.76. The molecule has 2 aromatic carbocycles. The van der Waals surface area contributed by atoms with Crippen LogP contribution in [0.5, 0.6) is 0 Å². The van der Waals surface area contributed by atoms with Crippen molar-refractivity contribution >= 4 is 22.9 Å². The van der Waals surface area contributed by atoms with Crippen LogP contribution in [0.3, 0.4) is 0 Å². The van der Waals surface area contributed by atoms with Gasteiger partial charge in [-0.15, -0.1) is 11.3 Å². The molecule has 1 aliphatic carbocycles. The van der Waals surface area contributed by atoms with Crippen molar-refractivity contribution in [1.29, 1.82) is 0 Å². The zero-order chi connectivity index (χ0) is 18.9. The lowest BCUT2D eigenvalue weighted by molar-refractivity contribution is -0.118. The second-order valence-corrected chi connectivity index (χ2v) is 8.76. The predicted molar refractivity (Wildman–Crippen MR) is 116 cm³/mol. The molecule has 5 rings (SSSR count). The van der Waals surface area contributed by atoms with Crippen molar-refractivity contribution in [3.63, 3.8) is 0 Å². The minimum atomic E-state index is 0.0766. The maximum Gasteiger partial charge on any atom is 0.238 e. The second kappa shape index (κ2) is 7.53. The number of anilines is 1. The lowest BCUT2D eigenvalue weighted by Crippen LogP contribution is -2.41. The van der Waals surface area contributed by atoms with Gasteiger partial charge in [-0.3, -0.25) is 9.69 Å². The van der Waals surface area contributed by atoms with Crippen LogP contribution >= 0.6 is 11.3 Å². The molecule has 142 valence electrons. The number of hydrogen-bond donors (Lipinski definition) is 1. The monoisotopic (exact) mass is 388 g/mol. The Labute approximate surface area is 170 Å². The van der Waals surface area contributed by atoms with E-state index in [9.17, 15) is 4.79 Å². The van der Waals surface area contributed by atoms with Crippen molar-refractivity contribution in [2.24, 2.45) is 5.92 Å². The zero-order valence-corrected chi connectivity index (χ0v) is 16.6. The van der Waals surface area contributed by atoms with Crippen molar-refractivity contribution in [2.75, 3.05) is 18.4 Å². The molecule has 1 fully saturated rings. The molecule has 0 spiro atoms. The number of nitrogens with zero attached hydrogens (tertiary/aromatic N) is 1. The number of carbonyl (C=O) groups excluding carboxylic acids is 1. The SMILES string of the molecule is O=C(CN1CCc2sccc2[C@@H]1C1CC1)Nc1ccccc1-c1ccccc1. The van der Waals surface area contributed by atoms with Gasteiger partial charge in [-0.25, -0.2) is 0 Å². The summed E-state index contributed by atoms with van der Waals surface area (Å²) in [6.45, 7) is 1.43. The van der Waals surface area contributed by atoms with Crippen LogP contribution < -0.4 is 5.32 Å². The van der Waals surface area contributed by atoms with E-state index in [1.165, 1.54) is 23.3 Å². The Bertz CT molecular complexity index is 977. The van der Waals surface area contributed by atoms with Gasteiger partial charge < -0.3 is 5.32 Å². The lowest BCUT2D eigenvalue weighted by Gasteiger charge is -2.35. The van der Waals surface area contributed by atoms with E-state index in [0.29, 0.717) is 12.6 Å². The van der Waals surface area contributed by atoms with Crippen LogP contribution in [0, 0.1) is 5.92 Å². The van der Waals surface area contributed by atoms with Gasteiger partial charge in [-0.1, -0.05) is 48.5 Å². The molecule has 1 N–H and O–H groups in total. The van der Waals surface area contributed by atoms with E-state index in [0.717, 1.165) is 35.7 Å². The molecule has 1 aromatic heterocycles. The molecule has 2 aliphatic rings. The number of rotatable bonds is 5. The lowest BCUT2D eigenvalue weighted by atomic mass is 9.96. The number of nitrogens with one attached hydrogen (secondary N) is 1. The van der Waals surface area contributed by atoms with Gasteiger partial charge in [0.1, 0.15) is 0 Å². The normalized spacial score (nSPS) is 19.2. The van der Waals surface area contributed by atoms with E-state index in [1.807, 2.05) is 47.7 Å². The highest BCUT2D eigenvalue weighted by Gasteiger charge is 2.40. The van der Waals surface area contributed by atoms with E-state index >= 15 is 0 Å². The van der Waals surface area contributed by atoms with Gasteiger partial charge in [0.15, 0.2) is 0 Å². The first-order valence-corrected chi connectivity index (χ1v) is 10.9. The number of hydrogen-bond acceptors (Lipinski definition) is 3. The number of fused-ring (bicyclic) bond motifs is 1. The highest BCUT2D eigenvalue weighted by Crippen LogP contribution is 2.48. The van der Waals surface area contributed by atoms with Crippen molar-refractivity contribution in [3.05, 3.63) is 76.5 Å². The van der Waals surface area contributed by atoms with Crippen LogP contribution in [0.1, 0.15) is 29.3 Å². The first-order valence-electron chi connectivity index (χ1n) is 10.0. The molecular formula is C24H24N2OS. The summed E-state index contributed by atoms with van der Waals surface area (Å²) in [4.78, 5) is 16.9. The van der Waals surface area contributed by atoms with Gasteiger partial charge in [0.25, 0.3) is 0 Å². The summed E-state index contributed by atoms with van der Waals surface area (Å²) in [7, 11) is 0. The molecule has 3 aromatic rings. The van der Waals surface area contributed by atoms with Gasteiger partial charge >= 0.3 is 0 Å². The average molecular weight is 389 g/mol. The number of para-hydroxylation sites is 1. The quantitative estimate of drug-likeness (QED) is 0.638. The third kappa shape index (κ3) is 3.50. The van der Waals surface area contributed by atoms with Crippen LogP contribution in [0.4, 0.5) is 5.69 Å². The molecule has 3 nitrogen and oxygen atoms in total. The smallest absolute Gasteiger partial charge is 0.238 e. The van der Waals surface area contributed by atoms with Gasteiger partial charge in [-0.05, 0) is 53.8 Å². The van der Waals surface area contributed by atoms with E-state index < -0.39 is 0 Å². The molecule has 1 saturated carbocycles. The summed E-state index contributed by atoms with van der Waals surface area (Å²) in [5.41, 5.74) is 4.54. The Morgan fingerprint density at radius 1 is 1.04 bits per heavy atom. The third-order valence-corrected chi connectivity index (χ3v) is 6.82. The van der Waals surface area contributed by atoms with Crippen LogP contribution in [0.2, 0.25) is 0 Å². The summed E-state index contributed by atoms with van der Waals surface area (Å²) in [5, 5.41) is 5.38. The Kier molecular flexibility index (Phi) is 4.75. The summed E-state index contributed by atoms with van der Waals surface area (Å²) in [5.74, 6) is 0.797. The summed E-state index contributed by atoms with van der Waals surface area (Å²) in [6, 6.07) is 21.0. The van der Waals surface area contributed by atoms with Gasteiger partial charge in [-0.2, -0.15) is 0 Å². The molecule has 0 bridgehead atoms. The summed E-state index contributed by atoms with van der Waals surface area (Å²) >= 11 is 1.87. The fraction of sp³-hybridized carbons (Fsp3) is 0.292. The van der Waals surface area contributed by atoms with Crippen molar-refractivity contribution < 1.29 is 4.79 Å². The molecule has 1 amide bonds. The van der Waals surface area contributed by atoms with Crippen molar-refractivity contribution in [3.8, 4) is 11.1 Å². The fourth-order valence-corrected chi connectivity index (χ4v) is 5.29. The Balaban J connectivity index is 1.34. The molecule has 28 heavy (non-hydrogen) atoms. The van der Waals surface area contributed by atoms with Gasteiger partial charge in [0.2, 0.25) is 5.91 Å². The number of thiophene rings is 1. The highest BCUT2D eigenvalue weighted by atomic mass is 32.1. The minimum Gasteiger partial charge on any atom is -0.324 e. The van der Waals surface area contributed by atoms with E-state index in [-0.39, 0.29) is 5.91 Å². The van der Waals surface area contributed by atoms with Gasteiger partial charge in [0.05, 0.1) is 6.54 Å². The van der Waals surface area contributed by atoms with Gasteiger partial charge in [0, 0.05) is 28.7 Å². The highest BCUT2D eigenvalue weighted by molar-refractivity contribution is 7.10.